The van der Waals surface area contributed by atoms with E-state index >= 15 is 0 Å². The molecule has 23 heavy (non-hydrogen) atoms. The third kappa shape index (κ3) is 2.59. The van der Waals surface area contributed by atoms with Crippen LogP contribution in [-0.2, 0) is 14.3 Å². The maximum absolute atomic E-state index is 12.0. The number of para-hydroxylation sites is 1. The number of rotatable bonds is 3. The van der Waals surface area contributed by atoms with Gasteiger partial charge in [-0.15, -0.1) is 11.3 Å². The molecular weight excluding hydrogens is 318 g/mol. The van der Waals surface area contributed by atoms with Gasteiger partial charge in [0.15, 0.2) is 10.8 Å². The fraction of sp³-hybridized carbons (Fsp3) is 0.188. The monoisotopic (exact) mass is 329 g/mol. The van der Waals surface area contributed by atoms with Crippen LogP contribution >= 0.6 is 11.3 Å². The number of fused-ring (bicyclic) bond motifs is 1. The summed E-state index contributed by atoms with van der Waals surface area (Å²) in [5.41, 5.74) is 0.877. The lowest BCUT2D eigenvalue weighted by Crippen LogP contribution is -2.22. The predicted octanol–water partition coefficient (Wildman–Crippen LogP) is 3.03. The molecule has 1 aliphatic rings. The first-order valence-corrected chi connectivity index (χ1v) is 7.86. The second-order valence-electron chi connectivity index (χ2n) is 5.00. The fourth-order valence-corrected chi connectivity index (χ4v) is 3.24. The van der Waals surface area contributed by atoms with E-state index in [1.54, 1.807) is 6.07 Å². The van der Waals surface area contributed by atoms with Gasteiger partial charge in [0, 0.05) is 6.42 Å². The molecule has 0 aliphatic carbocycles. The molecule has 6 nitrogen and oxygen atoms in total. The van der Waals surface area contributed by atoms with E-state index in [1.807, 2.05) is 24.3 Å². The van der Waals surface area contributed by atoms with Crippen molar-refractivity contribution in [1.29, 1.82) is 0 Å². The highest BCUT2D eigenvalue weighted by molar-refractivity contribution is 7.21. The molecule has 4 rings (SSSR count). The van der Waals surface area contributed by atoms with Gasteiger partial charge in [-0.3, -0.25) is 0 Å². The van der Waals surface area contributed by atoms with Gasteiger partial charge in [-0.1, -0.05) is 12.1 Å². The summed E-state index contributed by atoms with van der Waals surface area (Å²) in [6.07, 6.45) is -0.478. The molecule has 0 spiro atoms. The van der Waals surface area contributed by atoms with Gasteiger partial charge in [0.1, 0.15) is 0 Å². The normalized spacial score (nSPS) is 17.4. The summed E-state index contributed by atoms with van der Waals surface area (Å²) in [7, 11) is 0. The molecule has 0 N–H and O–H groups in total. The Hall–Kier alpha value is -2.67. The van der Waals surface area contributed by atoms with Crippen molar-refractivity contribution in [3.63, 3.8) is 0 Å². The van der Waals surface area contributed by atoms with E-state index in [-0.39, 0.29) is 12.4 Å². The molecule has 0 bridgehead atoms. The Balaban J connectivity index is 1.56. The fourth-order valence-electron chi connectivity index (χ4n) is 2.31. The second kappa shape index (κ2) is 5.51. The van der Waals surface area contributed by atoms with Crippen molar-refractivity contribution in [2.45, 2.75) is 12.5 Å². The van der Waals surface area contributed by atoms with Crippen molar-refractivity contribution in [2.24, 2.45) is 0 Å². The molecule has 0 saturated carbocycles. The number of furan rings is 1. The Morgan fingerprint density at radius 1 is 1.26 bits per heavy atom. The Morgan fingerprint density at radius 2 is 2.13 bits per heavy atom. The zero-order valence-electron chi connectivity index (χ0n) is 11.9. The number of cyclic esters (lactones) is 1. The minimum Gasteiger partial charge on any atom is -0.463 e. The van der Waals surface area contributed by atoms with Gasteiger partial charge < -0.3 is 13.9 Å². The zero-order chi connectivity index (χ0) is 15.8. The van der Waals surface area contributed by atoms with Crippen LogP contribution in [0.2, 0.25) is 0 Å². The van der Waals surface area contributed by atoms with E-state index in [4.69, 9.17) is 13.9 Å². The van der Waals surface area contributed by atoms with Crippen LogP contribution in [0.3, 0.4) is 0 Å². The van der Waals surface area contributed by atoms with Crippen molar-refractivity contribution in [3.8, 4) is 10.8 Å². The SMILES string of the molecule is O=C(OC1CCOC1=O)c1ccc(-c2nc3ccccc3s2)o1. The average molecular weight is 329 g/mol. The van der Waals surface area contributed by atoms with Crippen LogP contribution < -0.4 is 0 Å². The number of hydrogen-bond acceptors (Lipinski definition) is 7. The Bertz CT molecular complexity index is 864. The second-order valence-corrected chi connectivity index (χ2v) is 6.03. The number of nitrogens with zero attached hydrogens (tertiary/aromatic N) is 1. The van der Waals surface area contributed by atoms with E-state index in [9.17, 15) is 9.59 Å². The first kappa shape index (κ1) is 14.0. The summed E-state index contributed by atoms with van der Waals surface area (Å²) >= 11 is 1.48. The Labute approximate surface area is 134 Å². The summed E-state index contributed by atoms with van der Waals surface area (Å²) in [5, 5.41) is 0.686. The van der Waals surface area contributed by atoms with Gasteiger partial charge in [-0.25, -0.2) is 14.6 Å². The van der Waals surface area contributed by atoms with Gasteiger partial charge >= 0.3 is 11.9 Å². The highest BCUT2D eigenvalue weighted by Crippen LogP contribution is 2.31. The average Bonchev–Trinajstić information content (AvgIpc) is 3.26. The molecule has 0 amide bonds. The maximum Gasteiger partial charge on any atom is 0.375 e. The van der Waals surface area contributed by atoms with Crippen LogP contribution in [0.4, 0.5) is 0 Å². The largest absolute Gasteiger partial charge is 0.463 e. The smallest absolute Gasteiger partial charge is 0.375 e. The van der Waals surface area contributed by atoms with Crippen molar-refractivity contribution < 1.29 is 23.5 Å². The molecule has 0 radical (unpaired) electrons. The van der Waals surface area contributed by atoms with Crippen molar-refractivity contribution >= 4 is 33.5 Å². The lowest BCUT2D eigenvalue weighted by molar-refractivity contribution is -0.145. The van der Waals surface area contributed by atoms with Crippen molar-refractivity contribution in [3.05, 3.63) is 42.2 Å². The van der Waals surface area contributed by atoms with E-state index in [0.717, 1.165) is 10.2 Å². The standard InChI is InChI=1S/C16H11NO5S/c18-15-12(7-8-20-15)22-16(19)11-6-5-10(21-11)14-17-9-3-1-2-4-13(9)23-14/h1-6,12H,7-8H2. The first-order chi connectivity index (χ1) is 11.2. The molecule has 3 aromatic rings. The topological polar surface area (TPSA) is 78.6 Å². The lowest BCUT2D eigenvalue weighted by atomic mass is 10.3. The molecule has 1 aliphatic heterocycles. The lowest BCUT2D eigenvalue weighted by Gasteiger charge is -2.05. The van der Waals surface area contributed by atoms with Gasteiger partial charge in [0.25, 0.3) is 0 Å². The summed E-state index contributed by atoms with van der Waals surface area (Å²) < 4.78 is 16.4. The summed E-state index contributed by atoms with van der Waals surface area (Å²) in [5.74, 6) is -0.663. The quantitative estimate of drug-likeness (QED) is 0.687. The molecule has 116 valence electrons. The van der Waals surface area contributed by atoms with E-state index in [2.05, 4.69) is 4.98 Å². The van der Waals surface area contributed by atoms with Gasteiger partial charge in [-0.2, -0.15) is 0 Å². The summed E-state index contributed by atoms with van der Waals surface area (Å²) in [4.78, 5) is 27.8. The number of carbonyl (C=O) groups excluding carboxylic acids is 2. The number of aromatic nitrogens is 1. The van der Waals surface area contributed by atoms with Crippen LogP contribution in [-0.4, -0.2) is 29.6 Å². The van der Waals surface area contributed by atoms with Crippen LogP contribution in [0.1, 0.15) is 17.0 Å². The minimum absolute atomic E-state index is 0.0407. The zero-order valence-corrected chi connectivity index (χ0v) is 12.7. The van der Waals surface area contributed by atoms with Crippen LogP contribution in [0.5, 0.6) is 0 Å². The first-order valence-electron chi connectivity index (χ1n) is 7.04. The Morgan fingerprint density at radius 3 is 2.91 bits per heavy atom. The highest BCUT2D eigenvalue weighted by Gasteiger charge is 2.31. The number of esters is 2. The number of carbonyl (C=O) groups is 2. The van der Waals surface area contributed by atoms with Gasteiger partial charge in [-0.05, 0) is 24.3 Å². The molecule has 1 atom stereocenters. The van der Waals surface area contributed by atoms with Crippen LogP contribution in [0, 0.1) is 0 Å². The molecule has 7 heteroatoms. The molecule has 1 unspecified atom stereocenters. The highest BCUT2D eigenvalue weighted by atomic mass is 32.1. The molecular formula is C16H11NO5S. The molecule has 1 aromatic carbocycles. The van der Waals surface area contributed by atoms with Gasteiger partial charge in [0.2, 0.25) is 11.9 Å². The van der Waals surface area contributed by atoms with E-state index in [1.165, 1.54) is 17.4 Å². The minimum atomic E-state index is -0.849. The third-order valence-electron chi connectivity index (χ3n) is 3.45. The number of hydrogen-bond donors (Lipinski definition) is 0. The maximum atomic E-state index is 12.0. The van der Waals surface area contributed by atoms with E-state index < -0.39 is 18.0 Å². The molecule has 1 saturated heterocycles. The molecule has 3 heterocycles. The number of thiazole rings is 1. The van der Waals surface area contributed by atoms with E-state index in [0.29, 0.717) is 17.2 Å². The van der Waals surface area contributed by atoms with Crippen LogP contribution in [0.25, 0.3) is 21.0 Å². The van der Waals surface area contributed by atoms with Crippen LogP contribution in [0.15, 0.2) is 40.8 Å². The van der Waals surface area contributed by atoms with Gasteiger partial charge in [0.05, 0.1) is 16.8 Å². The Kier molecular flexibility index (Phi) is 3.34. The van der Waals surface area contributed by atoms with Crippen molar-refractivity contribution in [1.82, 2.24) is 4.98 Å². The predicted molar refractivity (Wildman–Crippen MR) is 82.1 cm³/mol. The molecule has 1 fully saturated rings. The van der Waals surface area contributed by atoms with Crippen molar-refractivity contribution in [2.75, 3.05) is 6.61 Å². The molecule has 2 aromatic heterocycles. The number of benzene rings is 1. The number of ether oxygens (including phenoxy) is 2. The summed E-state index contributed by atoms with van der Waals surface area (Å²) in [6.45, 7) is 0.270. The summed E-state index contributed by atoms with van der Waals surface area (Å²) in [6, 6.07) is 10.9. The third-order valence-corrected chi connectivity index (χ3v) is 4.50.